The molecular weight excluding hydrogens is 358 g/mol. The summed E-state index contributed by atoms with van der Waals surface area (Å²) in [4.78, 5) is 13.1. The van der Waals surface area contributed by atoms with Crippen LogP contribution in [0.15, 0.2) is 42.5 Å². The minimum Gasteiger partial charge on any atom is -0.493 e. The van der Waals surface area contributed by atoms with Crippen LogP contribution in [-0.2, 0) is 17.6 Å². The summed E-state index contributed by atoms with van der Waals surface area (Å²) in [6, 6.07) is 13.2. The fourth-order valence-corrected chi connectivity index (χ4v) is 3.01. The van der Waals surface area contributed by atoms with Crippen LogP contribution in [0.3, 0.4) is 0 Å². The third-order valence-corrected chi connectivity index (χ3v) is 4.51. The number of carbonyl (C=O) groups excluding carboxylic acids is 1. The first-order chi connectivity index (χ1) is 13.7. The smallest absolute Gasteiger partial charge is 0.232 e. The molecule has 0 aliphatic rings. The largest absolute Gasteiger partial charge is 0.493 e. The summed E-state index contributed by atoms with van der Waals surface area (Å²) in [5.41, 5.74) is 2.71. The Hall–Kier alpha value is -3.42. The molecule has 3 rings (SSSR count). The van der Waals surface area contributed by atoms with Crippen LogP contribution in [0.4, 0.5) is 5.69 Å². The van der Waals surface area contributed by atoms with Gasteiger partial charge in [-0.15, -0.1) is 0 Å². The zero-order chi connectivity index (χ0) is 19.9. The highest BCUT2D eigenvalue weighted by molar-refractivity contribution is 5.96. The van der Waals surface area contributed by atoms with Gasteiger partial charge >= 0.3 is 0 Å². The van der Waals surface area contributed by atoms with Gasteiger partial charge in [-0.05, 0) is 42.2 Å². The lowest BCUT2D eigenvalue weighted by Crippen LogP contribution is -2.25. The third kappa shape index (κ3) is 4.28. The van der Waals surface area contributed by atoms with Crippen LogP contribution < -0.4 is 19.9 Å². The van der Waals surface area contributed by atoms with Gasteiger partial charge in [-0.25, -0.2) is 0 Å². The summed E-state index contributed by atoms with van der Waals surface area (Å²) >= 11 is 0. The van der Waals surface area contributed by atoms with E-state index in [0.29, 0.717) is 17.9 Å². The molecule has 1 heterocycles. The number of amides is 1. The monoisotopic (exact) mass is 380 g/mol. The Morgan fingerprint density at radius 3 is 2.61 bits per heavy atom. The fourth-order valence-electron chi connectivity index (χ4n) is 3.01. The molecule has 1 atom stereocenters. The Morgan fingerprint density at radius 2 is 1.93 bits per heavy atom. The zero-order valence-corrected chi connectivity index (χ0v) is 16.0. The second-order valence-corrected chi connectivity index (χ2v) is 6.18. The van der Waals surface area contributed by atoms with Crippen molar-refractivity contribution >= 4 is 11.6 Å². The van der Waals surface area contributed by atoms with Crippen LogP contribution in [0.1, 0.15) is 29.8 Å². The molecule has 0 aliphatic heterocycles. The lowest BCUT2D eigenvalue weighted by atomic mass is 9.97. The number of carbonyl (C=O) groups is 1. The second kappa shape index (κ2) is 8.98. The molecule has 0 unspecified atom stereocenters. The molecule has 0 saturated heterocycles. The number of hydrogen-bond acceptors (Lipinski definition) is 6. The van der Waals surface area contributed by atoms with Gasteiger partial charge in [0.05, 0.1) is 20.1 Å². The molecule has 8 heteroatoms. The van der Waals surface area contributed by atoms with E-state index in [-0.39, 0.29) is 11.7 Å². The van der Waals surface area contributed by atoms with E-state index in [1.807, 2.05) is 43.3 Å². The van der Waals surface area contributed by atoms with Crippen LogP contribution in [0.2, 0.25) is 0 Å². The predicted octanol–water partition coefficient (Wildman–Crippen LogP) is 2.37. The van der Waals surface area contributed by atoms with Crippen LogP contribution in [0.25, 0.3) is 0 Å². The van der Waals surface area contributed by atoms with E-state index < -0.39 is 5.92 Å². The standard InChI is InChI=1S/C20H23N5O3/c1-4-14-7-5-6-8-16(14)21-20(26)15(19-22-24-25-23-19)11-13-9-10-17(27-2)18(12-13)28-3/h5-10,12,15H,4,11H2,1-3H3,(H2,21,22,23,24,25,26)/p-1/t15-/m1/s1. The molecular formula is C20H22N5O3-. The van der Waals surface area contributed by atoms with Gasteiger partial charge in [0.2, 0.25) is 5.91 Å². The van der Waals surface area contributed by atoms with Crippen LogP contribution in [0.5, 0.6) is 11.5 Å². The number of benzene rings is 2. The number of aryl methyl sites for hydroxylation is 1. The molecule has 1 aromatic heterocycles. The Balaban J connectivity index is 1.87. The van der Waals surface area contributed by atoms with Gasteiger partial charge in [0, 0.05) is 11.5 Å². The lowest BCUT2D eigenvalue weighted by molar-refractivity contribution is -0.117. The summed E-state index contributed by atoms with van der Waals surface area (Å²) in [5.74, 6) is 0.636. The van der Waals surface area contributed by atoms with E-state index in [4.69, 9.17) is 9.47 Å². The highest BCUT2D eigenvalue weighted by atomic mass is 16.5. The van der Waals surface area contributed by atoms with E-state index in [0.717, 1.165) is 23.2 Å². The maximum atomic E-state index is 13.1. The fraction of sp³-hybridized carbons (Fsp3) is 0.300. The van der Waals surface area contributed by atoms with E-state index in [2.05, 4.69) is 25.9 Å². The Bertz CT molecular complexity index is 927. The van der Waals surface area contributed by atoms with E-state index in [1.165, 1.54) is 0 Å². The van der Waals surface area contributed by atoms with Crippen molar-refractivity contribution in [1.29, 1.82) is 0 Å². The Kier molecular flexibility index (Phi) is 6.21. The van der Waals surface area contributed by atoms with Crippen molar-refractivity contribution < 1.29 is 14.3 Å². The number of hydrogen-bond donors (Lipinski definition) is 1. The average Bonchev–Trinajstić information content (AvgIpc) is 3.26. The van der Waals surface area contributed by atoms with Crippen LogP contribution in [0, 0.1) is 0 Å². The number of nitrogens with zero attached hydrogens (tertiary/aromatic N) is 4. The summed E-state index contributed by atoms with van der Waals surface area (Å²) < 4.78 is 10.6. The van der Waals surface area contributed by atoms with Gasteiger partial charge < -0.3 is 19.9 Å². The van der Waals surface area contributed by atoms with Crippen molar-refractivity contribution in [2.45, 2.75) is 25.7 Å². The molecule has 1 N–H and O–H groups in total. The van der Waals surface area contributed by atoms with E-state index in [1.54, 1.807) is 20.3 Å². The summed E-state index contributed by atoms with van der Waals surface area (Å²) in [7, 11) is 3.15. The number of tetrazole rings is 1. The van der Waals surface area contributed by atoms with Crippen molar-refractivity contribution in [1.82, 2.24) is 20.6 Å². The quantitative estimate of drug-likeness (QED) is 0.640. The van der Waals surface area contributed by atoms with Gasteiger partial charge in [0.1, 0.15) is 0 Å². The summed E-state index contributed by atoms with van der Waals surface area (Å²) in [6.45, 7) is 2.04. The van der Waals surface area contributed by atoms with Crippen molar-refractivity contribution in [3.05, 3.63) is 59.4 Å². The SMILES string of the molecule is CCc1ccccc1NC(=O)[C@H](Cc1ccc(OC)c(OC)c1)c1nnn[n-]1. The van der Waals surface area contributed by atoms with Crippen molar-refractivity contribution in [3.63, 3.8) is 0 Å². The third-order valence-electron chi connectivity index (χ3n) is 4.51. The maximum Gasteiger partial charge on any atom is 0.232 e. The topological polar surface area (TPSA) is 100 Å². The lowest BCUT2D eigenvalue weighted by Gasteiger charge is -2.19. The maximum absolute atomic E-state index is 13.1. The number of anilines is 1. The van der Waals surface area contributed by atoms with Gasteiger partial charge in [0.25, 0.3) is 0 Å². The molecule has 0 fully saturated rings. The molecule has 146 valence electrons. The molecule has 0 radical (unpaired) electrons. The van der Waals surface area contributed by atoms with Crippen LogP contribution in [-0.4, -0.2) is 35.7 Å². The molecule has 8 nitrogen and oxygen atoms in total. The highest BCUT2D eigenvalue weighted by Crippen LogP contribution is 2.30. The molecule has 0 aliphatic carbocycles. The van der Waals surface area contributed by atoms with Crippen molar-refractivity contribution in [2.75, 3.05) is 19.5 Å². The minimum atomic E-state index is -0.641. The number of methoxy groups -OCH3 is 2. The van der Waals surface area contributed by atoms with Gasteiger partial charge in [-0.2, -0.15) is 5.21 Å². The minimum absolute atomic E-state index is 0.217. The number of nitrogens with one attached hydrogen (secondary N) is 1. The molecule has 28 heavy (non-hydrogen) atoms. The predicted molar refractivity (Wildman–Crippen MR) is 104 cm³/mol. The van der Waals surface area contributed by atoms with E-state index >= 15 is 0 Å². The van der Waals surface area contributed by atoms with Gasteiger partial charge in [0.15, 0.2) is 11.5 Å². The molecule has 0 saturated carbocycles. The molecule has 2 aromatic carbocycles. The molecule has 1 amide bonds. The number of ether oxygens (including phenoxy) is 2. The number of para-hydroxylation sites is 1. The highest BCUT2D eigenvalue weighted by Gasteiger charge is 2.22. The molecule has 0 spiro atoms. The van der Waals surface area contributed by atoms with E-state index in [9.17, 15) is 4.79 Å². The van der Waals surface area contributed by atoms with Gasteiger partial charge in [-0.1, -0.05) is 31.2 Å². The number of aromatic nitrogens is 4. The Labute approximate surface area is 163 Å². The van der Waals surface area contributed by atoms with Crippen LogP contribution >= 0.6 is 0 Å². The van der Waals surface area contributed by atoms with Crippen molar-refractivity contribution in [3.8, 4) is 11.5 Å². The molecule has 3 aromatic rings. The first kappa shape index (κ1) is 19.3. The number of rotatable bonds is 8. The average molecular weight is 380 g/mol. The van der Waals surface area contributed by atoms with Crippen molar-refractivity contribution in [2.24, 2.45) is 0 Å². The first-order valence-electron chi connectivity index (χ1n) is 8.94. The Morgan fingerprint density at radius 1 is 1.14 bits per heavy atom. The summed E-state index contributed by atoms with van der Waals surface area (Å²) in [5, 5.41) is 17.9. The normalized spacial score (nSPS) is 11.7. The summed E-state index contributed by atoms with van der Waals surface area (Å²) in [6.07, 6.45) is 1.18. The van der Waals surface area contributed by atoms with Gasteiger partial charge in [-0.3, -0.25) is 15.1 Å². The first-order valence-corrected chi connectivity index (χ1v) is 8.94. The molecule has 0 bridgehead atoms. The zero-order valence-electron chi connectivity index (χ0n) is 16.0. The second-order valence-electron chi connectivity index (χ2n) is 6.18.